The highest BCUT2D eigenvalue weighted by Crippen LogP contribution is 2.57. The first kappa shape index (κ1) is 8.93. The first-order valence-electron chi connectivity index (χ1n) is 5.67. The summed E-state index contributed by atoms with van der Waals surface area (Å²) >= 11 is 5.83. The Bertz CT molecular complexity index is 554. The first-order chi connectivity index (χ1) is 7.81. The third-order valence-electron chi connectivity index (χ3n) is 3.90. The maximum absolute atomic E-state index is 5.83. The Kier molecular flexibility index (Phi) is 1.64. The van der Waals surface area contributed by atoms with Gasteiger partial charge >= 0.3 is 0 Å². The summed E-state index contributed by atoms with van der Waals surface area (Å²) in [7, 11) is 0. The number of halogens is 1. The van der Waals surface area contributed by atoms with Gasteiger partial charge in [0, 0.05) is 12.0 Å². The fraction of sp³-hybridized carbons (Fsp3) is 0.545. The standard InChI is InChI=1S/C11H11ClN4/c12-9-4-10-14-15-11(16(10)5-13-9)8-2-6-1-7(6)3-8/h4-8H,1-3H2. The van der Waals surface area contributed by atoms with Crippen molar-refractivity contribution in [1.29, 1.82) is 0 Å². The number of nitrogens with zero attached hydrogens (tertiary/aromatic N) is 4. The van der Waals surface area contributed by atoms with Gasteiger partial charge in [-0.05, 0) is 31.1 Å². The number of hydrogen-bond donors (Lipinski definition) is 0. The van der Waals surface area contributed by atoms with E-state index < -0.39 is 0 Å². The van der Waals surface area contributed by atoms with Gasteiger partial charge in [-0.15, -0.1) is 10.2 Å². The molecule has 4 nitrogen and oxygen atoms in total. The summed E-state index contributed by atoms with van der Waals surface area (Å²) in [4.78, 5) is 4.09. The largest absolute Gasteiger partial charge is 0.269 e. The van der Waals surface area contributed by atoms with Crippen LogP contribution in [0.25, 0.3) is 5.65 Å². The Labute approximate surface area is 97.7 Å². The normalized spacial score (nSPS) is 31.9. The highest BCUT2D eigenvalue weighted by atomic mass is 35.5. The molecule has 2 aliphatic carbocycles. The lowest BCUT2D eigenvalue weighted by Crippen LogP contribution is -2.02. The van der Waals surface area contributed by atoms with E-state index in [2.05, 4.69) is 15.2 Å². The molecule has 2 atom stereocenters. The molecule has 0 amide bonds. The summed E-state index contributed by atoms with van der Waals surface area (Å²) < 4.78 is 1.97. The molecular weight excluding hydrogens is 224 g/mol. The maximum atomic E-state index is 5.83. The maximum Gasteiger partial charge on any atom is 0.165 e. The average Bonchev–Trinajstić information content (AvgIpc) is 2.75. The van der Waals surface area contributed by atoms with Crippen LogP contribution in [0.5, 0.6) is 0 Å². The lowest BCUT2D eigenvalue weighted by Gasteiger charge is -2.08. The molecule has 2 heterocycles. The van der Waals surface area contributed by atoms with E-state index in [0.717, 1.165) is 23.3 Å². The molecule has 5 heteroatoms. The van der Waals surface area contributed by atoms with Crippen molar-refractivity contribution in [3.63, 3.8) is 0 Å². The monoisotopic (exact) mass is 234 g/mol. The van der Waals surface area contributed by atoms with Gasteiger partial charge in [0.05, 0.1) is 0 Å². The van der Waals surface area contributed by atoms with Gasteiger partial charge in [-0.1, -0.05) is 11.6 Å². The molecular formula is C11H11ClN4. The predicted molar refractivity (Wildman–Crippen MR) is 59.4 cm³/mol. The summed E-state index contributed by atoms with van der Waals surface area (Å²) in [6.07, 6.45) is 5.70. The van der Waals surface area contributed by atoms with Gasteiger partial charge < -0.3 is 0 Å². The van der Waals surface area contributed by atoms with Crippen molar-refractivity contribution in [1.82, 2.24) is 19.6 Å². The number of hydrogen-bond acceptors (Lipinski definition) is 3. The van der Waals surface area contributed by atoms with Crippen molar-refractivity contribution in [2.75, 3.05) is 0 Å². The second-order valence-electron chi connectivity index (χ2n) is 4.92. The molecule has 0 saturated heterocycles. The summed E-state index contributed by atoms with van der Waals surface area (Å²) in [6, 6.07) is 1.76. The van der Waals surface area contributed by atoms with Gasteiger partial charge in [-0.2, -0.15) is 0 Å². The Hall–Kier alpha value is -1.16. The lowest BCUT2D eigenvalue weighted by atomic mass is 10.0. The van der Waals surface area contributed by atoms with E-state index in [0.29, 0.717) is 11.1 Å². The van der Waals surface area contributed by atoms with Crippen LogP contribution in [0.15, 0.2) is 12.4 Å². The van der Waals surface area contributed by atoms with Crippen molar-refractivity contribution >= 4 is 17.2 Å². The van der Waals surface area contributed by atoms with Gasteiger partial charge in [0.1, 0.15) is 17.3 Å². The van der Waals surface area contributed by atoms with Crippen molar-refractivity contribution in [3.8, 4) is 0 Å². The fourth-order valence-corrected chi connectivity index (χ4v) is 3.13. The van der Waals surface area contributed by atoms with E-state index in [1.807, 2.05) is 4.40 Å². The zero-order valence-electron chi connectivity index (χ0n) is 8.67. The van der Waals surface area contributed by atoms with Crippen LogP contribution >= 0.6 is 11.6 Å². The SMILES string of the molecule is Clc1cc2nnc(C3CC4CC4C3)n2cn1. The molecule has 2 unspecified atom stereocenters. The molecule has 2 aromatic rings. The van der Waals surface area contributed by atoms with Crippen molar-refractivity contribution < 1.29 is 0 Å². The summed E-state index contributed by atoms with van der Waals surface area (Å²) in [5.41, 5.74) is 0.801. The van der Waals surface area contributed by atoms with E-state index in [9.17, 15) is 0 Å². The molecule has 2 aromatic heterocycles. The molecule has 2 saturated carbocycles. The summed E-state index contributed by atoms with van der Waals surface area (Å²) in [6.45, 7) is 0. The molecule has 2 aliphatic rings. The summed E-state index contributed by atoms with van der Waals surface area (Å²) in [5.74, 6) is 3.54. The molecule has 0 spiro atoms. The van der Waals surface area contributed by atoms with Gasteiger partial charge in [0.25, 0.3) is 0 Å². The van der Waals surface area contributed by atoms with Crippen molar-refractivity contribution in [2.45, 2.75) is 25.2 Å². The third kappa shape index (κ3) is 1.19. The van der Waals surface area contributed by atoms with Crippen LogP contribution in [-0.4, -0.2) is 19.6 Å². The van der Waals surface area contributed by atoms with Gasteiger partial charge in [-0.25, -0.2) is 4.98 Å². The predicted octanol–water partition coefficient (Wildman–Crippen LogP) is 2.29. The van der Waals surface area contributed by atoms with E-state index in [1.165, 1.54) is 19.3 Å². The molecule has 0 aromatic carbocycles. The molecule has 0 aliphatic heterocycles. The van der Waals surface area contributed by atoms with Crippen LogP contribution in [0.3, 0.4) is 0 Å². The molecule has 0 bridgehead atoms. The van der Waals surface area contributed by atoms with E-state index >= 15 is 0 Å². The van der Waals surface area contributed by atoms with Crippen LogP contribution < -0.4 is 0 Å². The highest BCUT2D eigenvalue weighted by Gasteiger charge is 2.47. The van der Waals surface area contributed by atoms with Gasteiger partial charge in [-0.3, -0.25) is 4.40 Å². The lowest BCUT2D eigenvalue weighted by molar-refractivity contribution is 0.582. The first-order valence-corrected chi connectivity index (χ1v) is 6.05. The minimum absolute atomic E-state index is 0.473. The van der Waals surface area contributed by atoms with Crippen LogP contribution in [0.2, 0.25) is 5.15 Å². The van der Waals surface area contributed by atoms with E-state index in [4.69, 9.17) is 11.6 Å². The molecule has 0 N–H and O–H groups in total. The molecule has 82 valence electrons. The van der Waals surface area contributed by atoms with Crippen LogP contribution in [0.1, 0.15) is 31.0 Å². The molecule has 2 fully saturated rings. The minimum Gasteiger partial charge on any atom is -0.269 e. The van der Waals surface area contributed by atoms with E-state index in [-0.39, 0.29) is 0 Å². The Morgan fingerprint density at radius 3 is 2.81 bits per heavy atom. The smallest absolute Gasteiger partial charge is 0.165 e. The molecule has 0 radical (unpaired) electrons. The fourth-order valence-electron chi connectivity index (χ4n) is 2.99. The Morgan fingerprint density at radius 2 is 2.00 bits per heavy atom. The second-order valence-corrected chi connectivity index (χ2v) is 5.31. The van der Waals surface area contributed by atoms with E-state index in [1.54, 1.807) is 12.4 Å². The number of rotatable bonds is 1. The van der Waals surface area contributed by atoms with Crippen LogP contribution in [0, 0.1) is 11.8 Å². The quantitative estimate of drug-likeness (QED) is 0.711. The minimum atomic E-state index is 0.473. The number of aromatic nitrogens is 4. The van der Waals surface area contributed by atoms with Crippen molar-refractivity contribution in [2.24, 2.45) is 11.8 Å². The zero-order chi connectivity index (χ0) is 10.7. The topological polar surface area (TPSA) is 43.1 Å². The number of fused-ring (bicyclic) bond motifs is 2. The average molecular weight is 235 g/mol. The molecule has 4 rings (SSSR count). The Balaban J connectivity index is 1.79. The van der Waals surface area contributed by atoms with Crippen LogP contribution in [0.4, 0.5) is 0 Å². The van der Waals surface area contributed by atoms with Gasteiger partial charge in [0.15, 0.2) is 5.65 Å². The van der Waals surface area contributed by atoms with Crippen molar-refractivity contribution in [3.05, 3.63) is 23.4 Å². The highest BCUT2D eigenvalue weighted by molar-refractivity contribution is 6.29. The third-order valence-corrected chi connectivity index (χ3v) is 4.11. The molecule has 16 heavy (non-hydrogen) atoms. The van der Waals surface area contributed by atoms with Crippen LogP contribution in [-0.2, 0) is 0 Å². The summed E-state index contributed by atoms with van der Waals surface area (Å²) in [5, 5.41) is 8.91. The van der Waals surface area contributed by atoms with Gasteiger partial charge in [0.2, 0.25) is 0 Å². The Morgan fingerprint density at radius 1 is 1.19 bits per heavy atom. The zero-order valence-corrected chi connectivity index (χ0v) is 9.43. The second kappa shape index (κ2) is 2.94.